The van der Waals surface area contributed by atoms with Gasteiger partial charge in [-0.3, -0.25) is 4.79 Å². The average Bonchev–Trinajstić information content (AvgIpc) is 2.18. The van der Waals surface area contributed by atoms with Crippen LogP contribution in [0.4, 0.5) is 0 Å². The molecule has 0 heterocycles. The Labute approximate surface area is 97.6 Å². The molecule has 0 spiro atoms. The zero-order chi connectivity index (χ0) is 10.6. The van der Waals surface area contributed by atoms with Crippen molar-refractivity contribution in [3.05, 3.63) is 0 Å². The minimum atomic E-state index is -0.0716. The Bertz CT molecular complexity index is 140. The maximum Gasteiger partial charge on any atom is 0.305 e. The summed E-state index contributed by atoms with van der Waals surface area (Å²) in [4.78, 5) is 11.1. The Kier molecular flexibility index (Phi) is 11.4. The summed E-state index contributed by atoms with van der Waals surface area (Å²) in [6, 6.07) is 0. The van der Waals surface area contributed by atoms with Gasteiger partial charge >= 0.3 is 5.97 Å². The molecule has 0 aromatic carbocycles. The lowest BCUT2D eigenvalue weighted by Crippen LogP contribution is -2.05. The number of esters is 1. The smallest absolute Gasteiger partial charge is 0.305 e. The lowest BCUT2D eigenvalue weighted by atomic mass is 10.2. The van der Waals surface area contributed by atoms with E-state index in [4.69, 9.17) is 4.74 Å². The fourth-order valence-corrected chi connectivity index (χ4v) is 1.48. The van der Waals surface area contributed by atoms with E-state index in [2.05, 4.69) is 25.3 Å². The standard InChI is InChI=1S/C10H20O2S2/c11-10(6-2-5-9-14)12-7-3-1-4-8-13/h13-14H,1-9H2. The molecule has 0 aliphatic heterocycles. The Morgan fingerprint density at radius 3 is 2.21 bits per heavy atom. The monoisotopic (exact) mass is 236 g/mol. The highest BCUT2D eigenvalue weighted by Crippen LogP contribution is 2.01. The highest BCUT2D eigenvalue weighted by atomic mass is 32.1. The van der Waals surface area contributed by atoms with Crippen LogP contribution in [0, 0.1) is 0 Å². The number of unbranched alkanes of at least 4 members (excludes halogenated alkanes) is 3. The van der Waals surface area contributed by atoms with Gasteiger partial charge in [-0.15, -0.1) is 0 Å². The molecule has 0 atom stereocenters. The van der Waals surface area contributed by atoms with Gasteiger partial charge in [0.25, 0.3) is 0 Å². The predicted molar refractivity (Wildman–Crippen MR) is 66.4 cm³/mol. The van der Waals surface area contributed by atoms with E-state index >= 15 is 0 Å². The Balaban J connectivity index is 3.10. The number of rotatable bonds is 9. The second-order valence-electron chi connectivity index (χ2n) is 3.19. The van der Waals surface area contributed by atoms with Crippen molar-refractivity contribution in [2.45, 2.75) is 38.5 Å². The molecule has 2 nitrogen and oxygen atoms in total. The zero-order valence-corrected chi connectivity index (χ0v) is 10.4. The quantitative estimate of drug-likeness (QED) is 0.366. The third-order valence-corrected chi connectivity index (χ3v) is 2.49. The molecule has 0 aromatic rings. The van der Waals surface area contributed by atoms with Crippen LogP contribution in [0.25, 0.3) is 0 Å². The maximum atomic E-state index is 11.1. The van der Waals surface area contributed by atoms with Gasteiger partial charge in [0, 0.05) is 6.42 Å². The topological polar surface area (TPSA) is 26.3 Å². The first-order valence-corrected chi connectivity index (χ1v) is 6.45. The van der Waals surface area contributed by atoms with Crippen molar-refractivity contribution in [3.63, 3.8) is 0 Å². The fourth-order valence-electron chi connectivity index (χ4n) is 1.03. The van der Waals surface area contributed by atoms with Gasteiger partial charge in [-0.05, 0) is 43.6 Å². The van der Waals surface area contributed by atoms with E-state index in [0.29, 0.717) is 13.0 Å². The van der Waals surface area contributed by atoms with Crippen LogP contribution in [0.3, 0.4) is 0 Å². The van der Waals surface area contributed by atoms with Crippen molar-refractivity contribution in [3.8, 4) is 0 Å². The molecular formula is C10H20O2S2. The molecule has 84 valence electrons. The van der Waals surface area contributed by atoms with E-state index in [1.165, 1.54) is 0 Å². The summed E-state index contributed by atoms with van der Waals surface area (Å²) >= 11 is 8.18. The first kappa shape index (κ1) is 14.2. The van der Waals surface area contributed by atoms with Gasteiger partial charge in [0.1, 0.15) is 0 Å². The van der Waals surface area contributed by atoms with Crippen LogP contribution in [-0.4, -0.2) is 24.1 Å². The molecule has 0 saturated carbocycles. The summed E-state index contributed by atoms with van der Waals surface area (Å²) in [5.74, 6) is 1.68. The van der Waals surface area contributed by atoms with Gasteiger partial charge in [0.05, 0.1) is 6.61 Å². The van der Waals surface area contributed by atoms with Crippen LogP contribution < -0.4 is 0 Å². The molecule has 0 aliphatic carbocycles. The van der Waals surface area contributed by atoms with Crippen LogP contribution in [0.2, 0.25) is 0 Å². The highest BCUT2D eigenvalue weighted by Gasteiger charge is 2.01. The Morgan fingerprint density at radius 2 is 1.57 bits per heavy atom. The first-order valence-electron chi connectivity index (χ1n) is 5.18. The van der Waals surface area contributed by atoms with Crippen LogP contribution >= 0.6 is 25.3 Å². The molecule has 0 radical (unpaired) electrons. The average molecular weight is 236 g/mol. The van der Waals surface area contributed by atoms with Crippen molar-refractivity contribution in [1.82, 2.24) is 0 Å². The summed E-state index contributed by atoms with van der Waals surface area (Å²) in [5, 5.41) is 0. The Hall–Kier alpha value is 0.170. The molecule has 0 saturated heterocycles. The van der Waals surface area contributed by atoms with Crippen LogP contribution in [0.15, 0.2) is 0 Å². The van der Waals surface area contributed by atoms with E-state index < -0.39 is 0 Å². The molecule has 0 aromatic heterocycles. The van der Waals surface area contributed by atoms with Crippen LogP contribution in [0.5, 0.6) is 0 Å². The van der Waals surface area contributed by atoms with E-state index in [1.54, 1.807) is 0 Å². The van der Waals surface area contributed by atoms with Crippen LogP contribution in [-0.2, 0) is 9.53 Å². The summed E-state index contributed by atoms with van der Waals surface area (Å²) in [5.41, 5.74) is 0. The van der Waals surface area contributed by atoms with E-state index in [1.807, 2.05) is 0 Å². The van der Waals surface area contributed by atoms with Gasteiger partial charge in [0.15, 0.2) is 0 Å². The minimum Gasteiger partial charge on any atom is -0.466 e. The number of carbonyl (C=O) groups excluding carboxylic acids is 1. The van der Waals surface area contributed by atoms with Gasteiger partial charge in [0.2, 0.25) is 0 Å². The fraction of sp³-hybridized carbons (Fsp3) is 0.900. The van der Waals surface area contributed by atoms with Gasteiger partial charge in [-0.2, -0.15) is 25.3 Å². The molecule has 0 bridgehead atoms. The number of carbonyl (C=O) groups is 1. The lowest BCUT2D eigenvalue weighted by Gasteiger charge is -2.03. The molecule has 0 rings (SSSR count). The van der Waals surface area contributed by atoms with E-state index in [-0.39, 0.29) is 5.97 Å². The summed E-state index contributed by atoms with van der Waals surface area (Å²) in [7, 11) is 0. The maximum absolute atomic E-state index is 11.1. The summed E-state index contributed by atoms with van der Waals surface area (Å²) in [6.07, 6.45) is 5.55. The second kappa shape index (κ2) is 11.2. The largest absolute Gasteiger partial charge is 0.466 e. The second-order valence-corrected chi connectivity index (χ2v) is 4.08. The normalized spacial score (nSPS) is 10.1. The molecule has 0 aliphatic rings. The van der Waals surface area contributed by atoms with Crippen molar-refractivity contribution >= 4 is 31.2 Å². The predicted octanol–water partition coefficient (Wildman–Crippen LogP) is 2.73. The molecule has 0 amide bonds. The van der Waals surface area contributed by atoms with E-state index in [0.717, 1.165) is 43.6 Å². The third kappa shape index (κ3) is 10.3. The Morgan fingerprint density at radius 1 is 0.929 bits per heavy atom. The summed E-state index contributed by atoms with van der Waals surface area (Å²) in [6.45, 7) is 0.563. The number of hydrogen-bond donors (Lipinski definition) is 2. The number of hydrogen-bond acceptors (Lipinski definition) is 4. The van der Waals surface area contributed by atoms with Crippen molar-refractivity contribution < 1.29 is 9.53 Å². The number of thiol groups is 2. The first-order chi connectivity index (χ1) is 6.81. The molecular weight excluding hydrogens is 216 g/mol. The van der Waals surface area contributed by atoms with Crippen molar-refractivity contribution in [1.29, 1.82) is 0 Å². The van der Waals surface area contributed by atoms with Gasteiger partial charge in [-0.1, -0.05) is 0 Å². The van der Waals surface area contributed by atoms with Gasteiger partial charge in [-0.25, -0.2) is 0 Å². The molecule has 0 fully saturated rings. The lowest BCUT2D eigenvalue weighted by molar-refractivity contribution is -0.143. The molecule has 0 unspecified atom stereocenters. The molecule has 4 heteroatoms. The number of ether oxygens (including phenoxy) is 1. The van der Waals surface area contributed by atoms with Crippen molar-refractivity contribution in [2.24, 2.45) is 0 Å². The SMILES string of the molecule is O=C(CCCCS)OCCCCCS. The van der Waals surface area contributed by atoms with Crippen molar-refractivity contribution in [2.75, 3.05) is 18.1 Å². The molecule has 0 N–H and O–H groups in total. The summed E-state index contributed by atoms with van der Waals surface area (Å²) < 4.78 is 5.05. The van der Waals surface area contributed by atoms with E-state index in [9.17, 15) is 4.79 Å². The molecule has 14 heavy (non-hydrogen) atoms. The van der Waals surface area contributed by atoms with Crippen LogP contribution in [0.1, 0.15) is 38.5 Å². The third-order valence-electron chi connectivity index (χ3n) is 1.85. The highest BCUT2D eigenvalue weighted by molar-refractivity contribution is 7.80. The minimum absolute atomic E-state index is 0.0716. The zero-order valence-electron chi connectivity index (χ0n) is 8.57. The van der Waals surface area contributed by atoms with Gasteiger partial charge < -0.3 is 4.74 Å².